The highest BCUT2D eigenvalue weighted by molar-refractivity contribution is 6.30. The summed E-state index contributed by atoms with van der Waals surface area (Å²) in [6.45, 7) is 7.49. The van der Waals surface area contributed by atoms with Crippen molar-refractivity contribution in [2.45, 2.75) is 38.8 Å². The fraction of sp³-hybridized carbons (Fsp3) is 0.588. The van der Waals surface area contributed by atoms with Crippen molar-refractivity contribution in [1.82, 2.24) is 10.2 Å². The van der Waals surface area contributed by atoms with E-state index in [-0.39, 0.29) is 12.0 Å². The van der Waals surface area contributed by atoms with Gasteiger partial charge in [-0.1, -0.05) is 23.7 Å². The van der Waals surface area contributed by atoms with Crippen molar-refractivity contribution in [3.8, 4) is 0 Å². The van der Waals surface area contributed by atoms with Crippen LogP contribution in [0.1, 0.15) is 25.8 Å². The fourth-order valence-electron chi connectivity index (χ4n) is 2.61. The number of carbonyl (C=O) groups is 1. The minimum absolute atomic E-state index is 0.00619. The van der Waals surface area contributed by atoms with E-state index in [1.807, 2.05) is 24.3 Å². The maximum absolute atomic E-state index is 12.0. The Balaban J connectivity index is 1.68. The number of carbonyl (C=O) groups excluding carboxylic acids is 1. The zero-order valence-corrected chi connectivity index (χ0v) is 14.1. The number of ether oxygens (including phenoxy) is 1. The fourth-order valence-corrected chi connectivity index (χ4v) is 2.74. The number of morpholine rings is 1. The SMILES string of the molecule is CC(C)N1CCO[C@@H](CC(=O)NCCc2ccc(Cl)cc2)C1. The van der Waals surface area contributed by atoms with Gasteiger partial charge < -0.3 is 10.1 Å². The van der Waals surface area contributed by atoms with Crippen LogP contribution in [-0.2, 0) is 16.0 Å². The Hall–Kier alpha value is -1.10. The van der Waals surface area contributed by atoms with Gasteiger partial charge in [-0.3, -0.25) is 9.69 Å². The molecule has 4 nitrogen and oxygen atoms in total. The maximum Gasteiger partial charge on any atom is 0.222 e. The van der Waals surface area contributed by atoms with Crippen LogP contribution in [0.4, 0.5) is 0 Å². The third-order valence-corrected chi connectivity index (χ3v) is 4.21. The van der Waals surface area contributed by atoms with Gasteiger partial charge in [-0.05, 0) is 38.0 Å². The second-order valence-corrected chi connectivity index (χ2v) is 6.45. The summed E-state index contributed by atoms with van der Waals surface area (Å²) >= 11 is 5.85. The molecule has 22 heavy (non-hydrogen) atoms. The summed E-state index contributed by atoms with van der Waals surface area (Å²) in [5, 5.41) is 3.70. The topological polar surface area (TPSA) is 41.6 Å². The van der Waals surface area contributed by atoms with E-state index in [9.17, 15) is 4.79 Å². The second kappa shape index (κ2) is 8.51. The maximum atomic E-state index is 12.0. The normalized spacial score (nSPS) is 19.4. The van der Waals surface area contributed by atoms with Crippen LogP contribution in [0.3, 0.4) is 0 Å². The number of rotatable bonds is 6. The number of nitrogens with zero attached hydrogens (tertiary/aromatic N) is 1. The van der Waals surface area contributed by atoms with Crippen LogP contribution in [0.25, 0.3) is 0 Å². The lowest BCUT2D eigenvalue weighted by atomic mass is 10.1. The predicted molar refractivity (Wildman–Crippen MR) is 89.2 cm³/mol. The van der Waals surface area contributed by atoms with Crippen molar-refractivity contribution in [2.75, 3.05) is 26.2 Å². The monoisotopic (exact) mass is 324 g/mol. The van der Waals surface area contributed by atoms with Gasteiger partial charge in [0.05, 0.1) is 19.1 Å². The Morgan fingerprint density at radius 3 is 2.82 bits per heavy atom. The molecule has 5 heteroatoms. The molecule has 1 heterocycles. The van der Waals surface area contributed by atoms with Crippen LogP contribution >= 0.6 is 11.6 Å². The Bertz CT molecular complexity index is 476. The molecule has 1 aliphatic rings. The first kappa shape index (κ1) is 17.3. The minimum atomic E-state index is 0.00619. The molecule has 122 valence electrons. The summed E-state index contributed by atoms with van der Waals surface area (Å²) in [4.78, 5) is 14.4. The van der Waals surface area contributed by atoms with Crippen LogP contribution < -0.4 is 5.32 Å². The van der Waals surface area contributed by atoms with Gasteiger partial charge in [0.1, 0.15) is 0 Å². The van der Waals surface area contributed by atoms with Crippen LogP contribution in [0, 0.1) is 0 Å². The first-order valence-corrected chi connectivity index (χ1v) is 8.29. The van der Waals surface area contributed by atoms with Gasteiger partial charge in [0.25, 0.3) is 0 Å². The molecule has 1 aliphatic heterocycles. The average Bonchev–Trinajstić information content (AvgIpc) is 2.49. The number of hydrogen-bond acceptors (Lipinski definition) is 3. The van der Waals surface area contributed by atoms with E-state index in [0.717, 1.165) is 24.5 Å². The Morgan fingerprint density at radius 2 is 2.14 bits per heavy atom. The molecule has 1 saturated heterocycles. The number of nitrogens with one attached hydrogen (secondary N) is 1. The van der Waals surface area contributed by atoms with Crippen LogP contribution in [0.2, 0.25) is 5.02 Å². The largest absolute Gasteiger partial charge is 0.375 e. The minimum Gasteiger partial charge on any atom is -0.375 e. The standard InChI is InChI=1S/C17H25ClN2O2/c1-13(2)20-9-10-22-16(12-20)11-17(21)19-8-7-14-3-5-15(18)6-4-14/h3-6,13,16H,7-12H2,1-2H3,(H,19,21)/t16-/m0/s1. The first-order chi connectivity index (χ1) is 10.5. The highest BCUT2D eigenvalue weighted by Crippen LogP contribution is 2.12. The van der Waals surface area contributed by atoms with Gasteiger partial charge in [-0.25, -0.2) is 0 Å². The quantitative estimate of drug-likeness (QED) is 0.874. The summed E-state index contributed by atoms with van der Waals surface area (Å²) in [6.07, 6.45) is 1.25. The van der Waals surface area contributed by atoms with E-state index in [1.165, 1.54) is 5.56 Å². The highest BCUT2D eigenvalue weighted by atomic mass is 35.5. The molecule has 0 saturated carbocycles. The number of amides is 1. The molecule has 0 spiro atoms. The predicted octanol–water partition coefficient (Wildman–Crippen LogP) is 2.50. The van der Waals surface area contributed by atoms with E-state index >= 15 is 0 Å². The zero-order chi connectivity index (χ0) is 15.9. The molecular formula is C17H25ClN2O2. The van der Waals surface area contributed by atoms with Crippen molar-refractivity contribution in [1.29, 1.82) is 0 Å². The second-order valence-electron chi connectivity index (χ2n) is 6.01. The molecule has 1 N–H and O–H groups in total. The number of benzene rings is 1. The third kappa shape index (κ3) is 5.59. The van der Waals surface area contributed by atoms with E-state index in [0.29, 0.717) is 25.6 Å². The van der Waals surface area contributed by atoms with Gasteiger partial charge in [0, 0.05) is 30.7 Å². The third-order valence-electron chi connectivity index (χ3n) is 3.96. The Kier molecular flexibility index (Phi) is 6.68. The van der Waals surface area contributed by atoms with Gasteiger partial charge in [0.15, 0.2) is 0 Å². The Labute approximate surface area is 137 Å². The molecule has 2 rings (SSSR count). The van der Waals surface area contributed by atoms with Crippen molar-refractivity contribution < 1.29 is 9.53 Å². The summed E-state index contributed by atoms with van der Waals surface area (Å²) in [7, 11) is 0. The average molecular weight is 325 g/mol. The van der Waals surface area contributed by atoms with Gasteiger partial charge in [-0.2, -0.15) is 0 Å². The number of halogens is 1. The van der Waals surface area contributed by atoms with E-state index < -0.39 is 0 Å². The van der Waals surface area contributed by atoms with Crippen LogP contribution in [-0.4, -0.2) is 49.2 Å². The summed E-state index contributed by atoms with van der Waals surface area (Å²) in [5.41, 5.74) is 1.17. The van der Waals surface area contributed by atoms with Crippen molar-refractivity contribution in [3.05, 3.63) is 34.9 Å². The van der Waals surface area contributed by atoms with Gasteiger partial charge in [-0.15, -0.1) is 0 Å². The van der Waals surface area contributed by atoms with Gasteiger partial charge in [0.2, 0.25) is 5.91 Å². The zero-order valence-electron chi connectivity index (χ0n) is 13.3. The molecule has 0 aliphatic carbocycles. The molecule has 0 radical (unpaired) electrons. The van der Waals surface area contributed by atoms with Crippen molar-refractivity contribution in [2.24, 2.45) is 0 Å². The van der Waals surface area contributed by atoms with E-state index in [2.05, 4.69) is 24.1 Å². The number of hydrogen-bond donors (Lipinski definition) is 1. The molecule has 0 unspecified atom stereocenters. The summed E-state index contributed by atoms with van der Waals surface area (Å²) < 4.78 is 5.69. The van der Waals surface area contributed by atoms with Gasteiger partial charge >= 0.3 is 0 Å². The van der Waals surface area contributed by atoms with E-state index in [1.54, 1.807) is 0 Å². The molecular weight excluding hydrogens is 300 g/mol. The van der Waals surface area contributed by atoms with Crippen LogP contribution in [0.5, 0.6) is 0 Å². The first-order valence-electron chi connectivity index (χ1n) is 7.91. The van der Waals surface area contributed by atoms with Crippen molar-refractivity contribution in [3.63, 3.8) is 0 Å². The molecule has 0 bridgehead atoms. The smallest absolute Gasteiger partial charge is 0.222 e. The lowest BCUT2D eigenvalue weighted by molar-refractivity contribution is -0.126. The molecule has 0 aromatic heterocycles. The lowest BCUT2D eigenvalue weighted by Gasteiger charge is -2.35. The molecule has 1 aromatic carbocycles. The summed E-state index contributed by atoms with van der Waals surface area (Å²) in [5.74, 6) is 0.0598. The molecule has 1 amide bonds. The van der Waals surface area contributed by atoms with Crippen molar-refractivity contribution >= 4 is 17.5 Å². The lowest BCUT2D eigenvalue weighted by Crippen LogP contribution is -2.47. The molecule has 1 fully saturated rings. The molecule has 1 aromatic rings. The van der Waals surface area contributed by atoms with E-state index in [4.69, 9.17) is 16.3 Å². The molecule has 1 atom stereocenters. The summed E-state index contributed by atoms with van der Waals surface area (Å²) in [6, 6.07) is 8.21. The van der Waals surface area contributed by atoms with Crippen LogP contribution in [0.15, 0.2) is 24.3 Å². The Morgan fingerprint density at radius 1 is 1.41 bits per heavy atom. The highest BCUT2D eigenvalue weighted by Gasteiger charge is 2.24.